The number of fused-ring (bicyclic) bond motifs is 1. The molecule has 3 heterocycles. The third kappa shape index (κ3) is 3.62. The van der Waals surface area contributed by atoms with E-state index in [4.69, 9.17) is 9.05 Å². The maximum absolute atomic E-state index is 14.0. The number of likely N-dealkylation sites (tertiary alicyclic amines) is 1. The lowest BCUT2D eigenvalue weighted by Crippen LogP contribution is -2.41. The van der Waals surface area contributed by atoms with Crippen molar-refractivity contribution in [3.63, 3.8) is 0 Å². The van der Waals surface area contributed by atoms with Gasteiger partial charge in [-0.25, -0.2) is 4.39 Å². The summed E-state index contributed by atoms with van der Waals surface area (Å²) in [6.07, 6.45) is 6.31. The van der Waals surface area contributed by atoms with E-state index in [0.717, 1.165) is 49.8 Å². The summed E-state index contributed by atoms with van der Waals surface area (Å²) in [7, 11) is 0. The zero-order valence-electron chi connectivity index (χ0n) is 16.6. The average molecular weight is 410 g/mol. The van der Waals surface area contributed by atoms with E-state index in [2.05, 4.69) is 15.3 Å². The minimum absolute atomic E-state index is 0.0517. The van der Waals surface area contributed by atoms with Crippen LogP contribution in [-0.2, 0) is 19.3 Å². The van der Waals surface area contributed by atoms with E-state index in [9.17, 15) is 9.18 Å². The highest BCUT2D eigenvalue weighted by Gasteiger charge is 2.31. The monoisotopic (exact) mass is 410 g/mol. The Labute approximate surface area is 173 Å². The van der Waals surface area contributed by atoms with Crippen LogP contribution < -0.4 is 0 Å². The molecule has 1 saturated heterocycles. The molecule has 7 nitrogen and oxygen atoms in total. The normalized spacial score (nSPS) is 19.0. The molecule has 8 heteroatoms. The lowest BCUT2D eigenvalue weighted by Gasteiger charge is -2.31. The van der Waals surface area contributed by atoms with Crippen molar-refractivity contribution < 1.29 is 18.2 Å². The Kier molecular flexibility index (Phi) is 5.06. The van der Waals surface area contributed by atoms with Crippen molar-refractivity contribution in [1.29, 1.82) is 0 Å². The predicted molar refractivity (Wildman–Crippen MR) is 105 cm³/mol. The van der Waals surface area contributed by atoms with Crippen LogP contribution in [0.5, 0.6) is 0 Å². The SMILES string of the molecule is O=C(c1noc2c1CCCC2)N1CCC[C@H](Cc2nc(-c3ccccc3F)no2)C1. The lowest BCUT2D eigenvalue weighted by atomic mass is 9.93. The number of hydrogen-bond donors (Lipinski definition) is 0. The molecule has 156 valence electrons. The first-order chi connectivity index (χ1) is 14.7. The summed E-state index contributed by atoms with van der Waals surface area (Å²) in [6, 6.07) is 6.36. The molecule has 0 unspecified atom stereocenters. The van der Waals surface area contributed by atoms with E-state index in [0.29, 0.717) is 36.7 Å². The number of benzene rings is 1. The number of nitrogens with zero attached hydrogens (tertiary/aromatic N) is 4. The summed E-state index contributed by atoms with van der Waals surface area (Å²) in [5, 5.41) is 8.01. The van der Waals surface area contributed by atoms with Gasteiger partial charge in [-0.05, 0) is 50.2 Å². The molecule has 0 spiro atoms. The second-order valence-electron chi connectivity index (χ2n) is 8.10. The van der Waals surface area contributed by atoms with Crippen LogP contribution in [0.3, 0.4) is 0 Å². The molecule has 1 aromatic carbocycles. The van der Waals surface area contributed by atoms with Crippen LogP contribution in [0.15, 0.2) is 33.3 Å². The van der Waals surface area contributed by atoms with Gasteiger partial charge in [-0.2, -0.15) is 4.98 Å². The minimum Gasteiger partial charge on any atom is -0.360 e. The molecule has 2 aliphatic rings. The summed E-state index contributed by atoms with van der Waals surface area (Å²) in [4.78, 5) is 19.3. The average Bonchev–Trinajstić information content (AvgIpc) is 3.41. The summed E-state index contributed by atoms with van der Waals surface area (Å²) >= 11 is 0. The van der Waals surface area contributed by atoms with E-state index in [1.165, 1.54) is 6.07 Å². The molecule has 0 bridgehead atoms. The number of carbonyl (C=O) groups excluding carboxylic acids is 1. The largest absolute Gasteiger partial charge is 0.360 e. The van der Waals surface area contributed by atoms with E-state index in [1.54, 1.807) is 18.2 Å². The number of piperidine rings is 1. The molecular formula is C22H23FN4O3. The Morgan fingerprint density at radius 1 is 1.13 bits per heavy atom. The van der Waals surface area contributed by atoms with Crippen molar-refractivity contribution in [2.75, 3.05) is 13.1 Å². The minimum atomic E-state index is -0.379. The Hall–Kier alpha value is -3.03. The van der Waals surface area contributed by atoms with E-state index in [-0.39, 0.29) is 23.5 Å². The first kappa shape index (κ1) is 19.0. The molecule has 1 aliphatic carbocycles. The number of amides is 1. The quantitative estimate of drug-likeness (QED) is 0.650. The number of hydrogen-bond acceptors (Lipinski definition) is 6. The van der Waals surface area contributed by atoms with Gasteiger partial charge >= 0.3 is 0 Å². The van der Waals surface area contributed by atoms with Crippen LogP contribution >= 0.6 is 0 Å². The molecule has 1 fully saturated rings. The summed E-state index contributed by atoms with van der Waals surface area (Å²) in [5.74, 6) is 1.36. The van der Waals surface area contributed by atoms with Crippen LogP contribution in [0, 0.1) is 11.7 Å². The summed E-state index contributed by atoms with van der Waals surface area (Å²) in [6.45, 7) is 1.32. The number of aromatic nitrogens is 3. The van der Waals surface area contributed by atoms with Gasteiger partial charge in [0.25, 0.3) is 5.91 Å². The zero-order valence-corrected chi connectivity index (χ0v) is 16.6. The highest BCUT2D eigenvalue weighted by atomic mass is 19.1. The fourth-order valence-corrected chi connectivity index (χ4v) is 4.46. The van der Waals surface area contributed by atoms with Crippen molar-refractivity contribution in [3.8, 4) is 11.4 Å². The molecule has 1 atom stereocenters. The molecule has 0 saturated carbocycles. The van der Waals surface area contributed by atoms with Crippen LogP contribution in [0.2, 0.25) is 0 Å². The highest BCUT2D eigenvalue weighted by molar-refractivity contribution is 5.94. The van der Waals surface area contributed by atoms with E-state index < -0.39 is 0 Å². The van der Waals surface area contributed by atoms with Gasteiger partial charge in [-0.3, -0.25) is 4.79 Å². The second-order valence-corrected chi connectivity index (χ2v) is 8.10. The Balaban J connectivity index is 1.27. The van der Waals surface area contributed by atoms with Gasteiger partial charge in [0.1, 0.15) is 11.6 Å². The van der Waals surface area contributed by atoms with Gasteiger partial charge in [0.15, 0.2) is 5.69 Å². The van der Waals surface area contributed by atoms with Gasteiger partial charge in [-0.15, -0.1) is 0 Å². The number of carbonyl (C=O) groups is 1. The summed E-state index contributed by atoms with van der Waals surface area (Å²) in [5.41, 5.74) is 1.79. The van der Waals surface area contributed by atoms with Crippen LogP contribution in [0.25, 0.3) is 11.4 Å². The first-order valence-corrected chi connectivity index (χ1v) is 10.5. The molecule has 5 rings (SSSR count). The van der Waals surface area contributed by atoms with E-state index in [1.807, 2.05) is 4.90 Å². The standard InChI is InChI=1S/C22H23FN4O3/c23-17-9-3-1-7-15(17)21-24-19(30-26-21)12-14-6-5-11-27(13-14)22(28)20-16-8-2-4-10-18(16)29-25-20/h1,3,7,9,14H,2,4-6,8,10-13H2/t14-/m1/s1. The maximum Gasteiger partial charge on any atom is 0.276 e. The third-order valence-corrected chi connectivity index (χ3v) is 6.01. The van der Waals surface area contributed by atoms with Crippen molar-refractivity contribution in [2.24, 2.45) is 5.92 Å². The Bertz CT molecular complexity index is 1060. The van der Waals surface area contributed by atoms with Gasteiger partial charge in [-0.1, -0.05) is 22.4 Å². The van der Waals surface area contributed by atoms with E-state index >= 15 is 0 Å². The molecule has 2 aromatic heterocycles. The van der Waals surface area contributed by atoms with Gasteiger partial charge in [0.05, 0.1) is 5.56 Å². The van der Waals surface area contributed by atoms with Crippen LogP contribution in [0.4, 0.5) is 4.39 Å². The molecule has 0 N–H and O–H groups in total. The van der Waals surface area contributed by atoms with Crippen molar-refractivity contribution in [3.05, 3.63) is 53.0 Å². The first-order valence-electron chi connectivity index (χ1n) is 10.5. The van der Waals surface area contributed by atoms with Crippen molar-refractivity contribution >= 4 is 5.91 Å². The van der Waals surface area contributed by atoms with Crippen molar-refractivity contribution in [2.45, 2.75) is 44.9 Å². The molecule has 1 aliphatic heterocycles. The molecule has 0 radical (unpaired) electrons. The zero-order chi connectivity index (χ0) is 20.5. The molecule has 1 amide bonds. The topological polar surface area (TPSA) is 85.3 Å². The second kappa shape index (κ2) is 8.01. The van der Waals surface area contributed by atoms with Crippen LogP contribution in [0.1, 0.15) is 53.4 Å². The Morgan fingerprint density at radius 2 is 2.00 bits per heavy atom. The summed E-state index contributed by atoms with van der Waals surface area (Å²) < 4.78 is 24.7. The maximum atomic E-state index is 14.0. The van der Waals surface area contributed by atoms with Gasteiger partial charge in [0, 0.05) is 31.5 Å². The third-order valence-electron chi connectivity index (χ3n) is 6.01. The fourth-order valence-electron chi connectivity index (χ4n) is 4.46. The van der Waals surface area contributed by atoms with Gasteiger partial charge in [0.2, 0.25) is 11.7 Å². The highest BCUT2D eigenvalue weighted by Crippen LogP contribution is 2.28. The predicted octanol–water partition coefficient (Wildman–Crippen LogP) is 3.84. The molecular weight excluding hydrogens is 387 g/mol. The molecule has 30 heavy (non-hydrogen) atoms. The smallest absolute Gasteiger partial charge is 0.276 e. The molecule has 3 aromatic rings. The Morgan fingerprint density at radius 3 is 2.90 bits per heavy atom. The van der Waals surface area contributed by atoms with Crippen LogP contribution in [-0.4, -0.2) is 39.2 Å². The number of halogens is 1. The van der Waals surface area contributed by atoms with Crippen molar-refractivity contribution in [1.82, 2.24) is 20.2 Å². The lowest BCUT2D eigenvalue weighted by molar-refractivity contribution is 0.0656. The number of aryl methyl sites for hydroxylation is 1. The fraction of sp³-hybridized carbons (Fsp3) is 0.455. The van der Waals surface area contributed by atoms with Gasteiger partial charge < -0.3 is 13.9 Å². The number of rotatable bonds is 4.